The summed E-state index contributed by atoms with van der Waals surface area (Å²) in [7, 11) is 2.00. The van der Waals surface area contributed by atoms with Crippen molar-refractivity contribution < 1.29 is 4.74 Å². The van der Waals surface area contributed by atoms with E-state index in [4.69, 9.17) is 4.74 Å². The fraction of sp³-hybridized carbons (Fsp3) is 0.625. The first-order valence-corrected chi connectivity index (χ1v) is 7.38. The zero-order valence-electron chi connectivity index (χ0n) is 12.2. The molecule has 1 fully saturated rings. The maximum Gasteiger partial charge on any atom is 0.0702 e. The van der Waals surface area contributed by atoms with E-state index in [0.29, 0.717) is 6.10 Å². The van der Waals surface area contributed by atoms with E-state index in [2.05, 4.69) is 41.4 Å². The van der Waals surface area contributed by atoms with Crippen molar-refractivity contribution >= 4 is 0 Å². The molecule has 0 radical (unpaired) electrons. The Morgan fingerprint density at radius 2 is 2.11 bits per heavy atom. The molecule has 1 aliphatic heterocycles. The zero-order valence-corrected chi connectivity index (χ0v) is 12.2. The summed E-state index contributed by atoms with van der Waals surface area (Å²) in [5.41, 5.74) is 2.83. The van der Waals surface area contributed by atoms with E-state index in [1.165, 1.54) is 24.0 Å². The monoisotopic (exact) mass is 262 g/mol. The second-order valence-electron chi connectivity index (χ2n) is 5.26. The molecule has 106 valence electrons. The van der Waals surface area contributed by atoms with Gasteiger partial charge in [0, 0.05) is 26.2 Å². The van der Waals surface area contributed by atoms with Crippen LogP contribution in [0.5, 0.6) is 0 Å². The molecule has 1 atom stereocenters. The molecule has 3 nitrogen and oxygen atoms in total. The summed E-state index contributed by atoms with van der Waals surface area (Å²) in [6.45, 7) is 7.27. The highest BCUT2D eigenvalue weighted by Gasteiger charge is 2.18. The van der Waals surface area contributed by atoms with Gasteiger partial charge in [-0.2, -0.15) is 0 Å². The van der Waals surface area contributed by atoms with Gasteiger partial charge >= 0.3 is 0 Å². The Morgan fingerprint density at radius 1 is 1.32 bits per heavy atom. The van der Waals surface area contributed by atoms with Crippen LogP contribution in [0.1, 0.15) is 30.9 Å². The van der Waals surface area contributed by atoms with Crippen molar-refractivity contribution in [3.63, 3.8) is 0 Å². The minimum absolute atomic E-state index is 0.441. The molecule has 0 aliphatic carbocycles. The fourth-order valence-electron chi connectivity index (χ4n) is 2.70. The van der Waals surface area contributed by atoms with Crippen LogP contribution >= 0.6 is 0 Å². The van der Waals surface area contributed by atoms with Gasteiger partial charge in [0.25, 0.3) is 0 Å². The Balaban J connectivity index is 1.96. The molecule has 19 heavy (non-hydrogen) atoms. The van der Waals surface area contributed by atoms with E-state index in [9.17, 15) is 0 Å². The molecule has 1 saturated heterocycles. The Morgan fingerprint density at radius 3 is 2.74 bits per heavy atom. The molecule has 0 spiro atoms. The number of rotatable bonds is 7. The van der Waals surface area contributed by atoms with E-state index in [-0.39, 0.29) is 0 Å². The van der Waals surface area contributed by atoms with Crippen LogP contribution in [0, 0.1) is 0 Å². The largest absolute Gasteiger partial charge is 0.377 e. The van der Waals surface area contributed by atoms with Crippen LogP contribution in [0.15, 0.2) is 24.3 Å². The summed E-state index contributed by atoms with van der Waals surface area (Å²) in [4.78, 5) is 2.49. The van der Waals surface area contributed by atoms with Gasteiger partial charge in [-0.3, -0.25) is 4.90 Å². The molecule has 1 aromatic rings. The molecule has 1 aliphatic rings. The number of benzene rings is 1. The molecular weight excluding hydrogens is 236 g/mol. The van der Waals surface area contributed by atoms with E-state index >= 15 is 0 Å². The van der Waals surface area contributed by atoms with Crippen LogP contribution in [-0.2, 0) is 17.8 Å². The Labute approximate surface area is 116 Å². The summed E-state index contributed by atoms with van der Waals surface area (Å²) < 4.78 is 5.75. The third-order valence-corrected chi connectivity index (χ3v) is 3.81. The molecule has 1 unspecified atom stereocenters. The molecule has 0 saturated carbocycles. The van der Waals surface area contributed by atoms with Gasteiger partial charge in [0.05, 0.1) is 6.10 Å². The van der Waals surface area contributed by atoms with E-state index in [1.54, 1.807) is 0 Å². The highest BCUT2D eigenvalue weighted by molar-refractivity contribution is 5.26. The van der Waals surface area contributed by atoms with Gasteiger partial charge in [-0.1, -0.05) is 31.2 Å². The molecule has 3 heteroatoms. The molecule has 0 bridgehead atoms. The van der Waals surface area contributed by atoms with Crippen LogP contribution in [-0.4, -0.2) is 37.7 Å². The third-order valence-electron chi connectivity index (χ3n) is 3.81. The van der Waals surface area contributed by atoms with Crippen molar-refractivity contribution in [3.05, 3.63) is 35.4 Å². The standard InChI is InChI=1S/C16H26N2O/c1-3-18(13-16-9-6-10-19-16)12-15-8-5-4-7-14(15)11-17-2/h4-5,7-8,16-17H,3,6,9-13H2,1-2H3. The molecule has 0 aromatic heterocycles. The number of hydrogen-bond donors (Lipinski definition) is 1. The lowest BCUT2D eigenvalue weighted by molar-refractivity contribution is 0.0724. The van der Waals surface area contributed by atoms with E-state index < -0.39 is 0 Å². The molecule has 1 N–H and O–H groups in total. The van der Waals surface area contributed by atoms with Gasteiger partial charge in [-0.25, -0.2) is 0 Å². The highest BCUT2D eigenvalue weighted by atomic mass is 16.5. The van der Waals surface area contributed by atoms with Crippen molar-refractivity contribution in [2.45, 2.75) is 39.0 Å². The molecule has 1 heterocycles. The zero-order chi connectivity index (χ0) is 13.5. The van der Waals surface area contributed by atoms with Gasteiger partial charge in [0.2, 0.25) is 0 Å². The number of nitrogens with zero attached hydrogens (tertiary/aromatic N) is 1. The predicted molar refractivity (Wildman–Crippen MR) is 79.1 cm³/mol. The number of likely N-dealkylation sites (N-methyl/N-ethyl adjacent to an activating group) is 1. The van der Waals surface area contributed by atoms with Gasteiger partial charge in [0.15, 0.2) is 0 Å². The van der Waals surface area contributed by atoms with Crippen molar-refractivity contribution in [3.8, 4) is 0 Å². The summed E-state index contributed by atoms with van der Waals surface area (Å²) >= 11 is 0. The smallest absolute Gasteiger partial charge is 0.0702 e. The summed E-state index contributed by atoms with van der Waals surface area (Å²) in [5.74, 6) is 0. The maximum atomic E-state index is 5.75. The first-order chi connectivity index (χ1) is 9.33. The van der Waals surface area contributed by atoms with Crippen LogP contribution in [0.2, 0.25) is 0 Å². The molecule has 0 amide bonds. The van der Waals surface area contributed by atoms with Crippen LogP contribution in [0.3, 0.4) is 0 Å². The second-order valence-corrected chi connectivity index (χ2v) is 5.26. The van der Waals surface area contributed by atoms with Crippen LogP contribution in [0.4, 0.5) is 0 Å². The Hall–Kier alpha value is -0.900. The van der Waals surface area contributed by atoms with Crippen molar-refractivity contribution in [2.24, 2.45) is 0 Å². The lowest BCUT2D eigenvalue weighted by Gasteiger charge is -2.24. The minimum Gasteiger partial charge on any atom is -0.377 e. The summed E-state index contributed by atoms with van der Waals surface area (Å²) in [6.07, 6.45) is 2.88. The molecule has 2 rings (SSSR count). The van der Waals surface area contributed by atoms with Crippen molar-refractivity contribution in [1.29, 1.82) is 0 Å². The minimum atomic E-state index is 0.441. The maximum absolute atomic E-state index is 5.75. The average molecular weight is 262 g/mol. The normalized spacial score (nSPS) is 19.2. The summed E-state index contributed by atoms with van der Waals surface area (Å²) in [5, 5.41) is 3.25. The number of nitrogens with one attached hydrogen (secondary N) is 1. The highest BCUT2D eigenvalue weighted by Crippen LogP contribution is 2.16. The lowest BCUT2D eigenvalue weighted by atomic mass is 10.1. The van der Waals surface area contributed by atoms with Gasteiger partial charge in [0.1, 0.15) is 0 Å². The lowest BCUT2D eigenvalue weighted by Crippen LogP contribution is -2.32. The Kier molecular flexibility index (Phi) is 5.83. The van der Waals surface area contributed by atoms with E-state index in [0.717, 1.165) is 32.8 Å². The quantitative estimate of drug-likeness (QED) is 0.816. The van der Waals surface area contributed by atoms with E-state index in [1.807, 2.05) is 7.05 Å². The molecule has 1 aromatic carbocycles. The average Bonchev–Trinajstić information content (AvgIpc) is 2.93. The topological polar surface area (TPSA) is 24.5 Å². The SMILES string of the molecule is CCN(Cc1ccccc1CNC)CC1CCCO1. The van der Waals surface area contributed by atoms with Gasteiger partial charge in [-0.15, -0.1) is 0 Å². The van der Waals surface area contributed by atoms with Gasteiger partial charge in [-0.05, 0) is 37.6 Å². The summed E-state index contributed by atoms with van der Waals surface area (Å²) in [6, 6.07) is 8.71. The number of hydrogen-bond acceptors (Lipinski definition) is 3. The van der Waals surface area contributed by atoms with Gasteiger partial charge < -0.3 is 10.1 Å². The fourth-order valence-corrected chi connectivity index (χ4v) is 2.70. The number of ether oxygens (including phenoxy) is 1. The molecular formula is C16H26N2O. The first kappa shape index (κ1) is 14.5. The third kappa shape index (κ3) is 4.30. The first-order valence-electron chi connectivity index (χ1n) is 7.38. The van der Waals surface area contributed by atoms with Crippen molar-refractivity contribution in [1.82, 2.24) is 10.2 Å². The van der Waals surface area contributed by atoms with Crippen molar-refractivity contribution in [2.75, 3.05) is 26.7 Å². The van der Waals surface area contributed by atoms with Crippen LogP contribution < -0.4 is 5.32 Å². The van der Waals surface area contributed by atoms with Crippen LogP contribution in [0.25, 0.3) is 0 Å². The Bertz CT molecular complexity index is 375. The predicted octanol–water partition coefficient (Wildman–Crippen LogP) is 2.41. The second kappa shape index (κ2) is 7.63.